The van der Waals surface area contributed by atoms with Crippen LogP contribution in [-0.4, -0.2) is 21.2 Å². The number of rotatable bonds is 4. The number of anilines is 2. The minimum Gasteiger partial charge on any atom is -0.353 e. The summed E-state index contributed by atoms with van der Waals surface area (Å²) in [6.07, 6.45) is 7.14. The lowest BCUT2D eigenvalue weighted by Gasteiger charge is -2.61. The van der Waals surface area contributed by atoms with Crippen LogP contribution in [-0.2, 0) is 10.3 Å². The second kappa shape index (κ2) is 6.80. The first-order valence-electron chi connectivity index (χ1n) is 10.4. The third-order valence-corrected chi connectivity index (χ3v) is 7.33. The van der Waals surface area contributed by atoms with Crippen molar-refractivity contribution in [2.24, 2.45) is 11.8 Å². The molecule has 4 aliphatic carbocycles. The van der Waals surface area contributed by atoms with Gasteiger partial charge >= 0.3 is 0 Å². The third kappa shape index (κ3) is 3.20. The van der Waals surface area contributed by atoms with Crippen molar-refractivity contribution in [1.82, 2.24) is 15.1 Å². The number of carbonyl (C=O) groups excluding carboxylic acids is 1. The third-order valence-electron chi connectivity index (χ3n) is 6.96. The predicted molar refractivity (Wildman–Crippen MR) is 112 cm³/mol. The molecule has 1 aromatic heterocycles. The molecule has 6 nitrogen and oxygen atoms in total. The number of carbonyl (C=O) groups is 1. The van der Waals surface area contributed by atoms with Crippen molar-refractivity contribution >= 4 is 28.9 Å². The lowest BCUT2D eigenvalue weighted by Crippen LogP contribution is -2.67. The van der Waals surface area contributed by atoms with Gasteiger partial charge in [-0.1, -0.05) is 11.6 Å². The fourth-order valence-corrected chi connectivity index (χ4v) is 6.70. The fraction of sp³-hybridized carbons (Fsp3) is 0.500. The summed E-state index contributed by atoms with van der Waals surface area (Å²) in [6.45, 7) is 1.56. The molecular weight excluding hydrogens is 407 g/mol. The number of halogens is 2. The van der Waals surface area contributed by atoms with E-state index < -0.39 is 5.54 Å². The molecule has 4 bridgehead atoms. The van der Waals surface area contributed by atoms with Crippen molar-refractivity contribution in [3.8, 4) is 0 Å². The van der Waals surface area contributed by atoms with E-state index in [-0.39, 0.29) is 27.8 Å². The number of amides is 1. The van der Waals surface area contributed by atoms with Crippen LogP contribution in [0.25, 0.3) is 0 Å². The average molecular weight is 431 g/mol. The zero-order valence-electron chi connectivity index (χ0n) is 16.8. The molecule has 1 aromatic carbocycles. The maximum Gasteiger partial charge on any atom is 0.288 e. The van der Waals surface area contributed by atoms with Crippen molar-refractivity contribution in [2.75, 3.05) is 5.32 Å². The van der Waals surface area contributed by atoms with Crippen LogP contribution in [0.5, 0.6) is 0 Å². The molecule has 0 spiro atoms. The van der Waals surface area contributed by atoms with Gasteiger partial charge in [0.05, 0.1) is 17.4 Å². The first-order valence-corrected chi connectivity index (χ1v) is 10.8. The summed E-state index contributed by atoms with van der Waals surface area (Å²) in [6, 6.07) is 5.82. The summed E-state index contributed by atoms with van der Waals surface area (Å²) in [5, 5.41) is 10.8. The molecule has 4 aliphatic rings. The molecule has 4 saturated carbocycles. The van der Waals surface area contributed by atoms with Crippen molar-refractivity contribution in [2.45, 2.75) is 56.5 Å². The van der Waals surface area contributed by atoms with Gasteiger partial charge in [-0.2, -0.15) is 5.10 Å². The summed E-state index contributed by atoms with van der Waals surface area (Å²) in [5.41, 5.74) is 0.0159. The minimum atomic E-state index is -0.415. The molecule has 1 amide bonds. The highest BCUT2D eigenvalue weighted by Gasteiger charge is 2.59. The molecule has 0 aliphatic heterocycles. The average Bonchev–Trinajstić information content (AvgIpc) is 2.65. The van der Waals surface area contributed by atoms with Gasteiger partial charge in [-0.05, 0) is 74.6 Å². The lowest BCUT2D eigenvalue weighted by molar-refractivity contribution is -0.128. The van der Waals surface area contributed by atoms with Crippen molar-refractivity contribution in [3.63, 3.8) is 0 Å². The van der Waals surface area contributed by atoms with Crippen LogP contribution in [0.2, 0.25) is 5.02 Å². The van der Waals surface area contributed by atoms with E-state index in [0.717, 1.165) is 32.1 Å². The van der Waals surface area contributed by atoms with Crippen LogP contribution in [0.1, 0.15) is 45.4 Å². The highest BCUT2D eigenvalue weighted by molar-refractivity contribution is 6.33. The summed E-state index contributed by atoms with van der Waals surface area (Å²) >= 11 is 6.46. The van der Waals surface area contributed by atoms with Gasteiger partial charge in [-0.15, -0.1) is 0 Å². The number of aromatic nitrogens is 2. The molecule has 0 radical (unpaired) electrons. The molecule has 8 heteroatoms. The van der Waals surface area contributed by atoms with Gasteiger partial charge in [0.2, 0.25) is 5.91 Å². The van der Waals surface area contributed by atoms with Crippen LogP contribution in [0.4, 0.5) is 15.8 Å². The van der Waals surface area contributed by atoms with E-state index in [1.54, 1.807) is 29.9 Å². The highest BCUT2D eigenvalue weighted by atomic mass is 35.5. The summed E-state index contributed by atoms with van der Waals surface area (Å²) < 4.78 is 14.7. The first kappa shape index (κ1) is 19.5. The Balaban J connectivity index is 1.50. The van der Waals surface area contributed by atoms with E-state index in [1.165, 1.54) is 12.1 Å². The van der Waals surface area contributed by atoms with E-state index in [9.17, 15) is 14.0 Å². The number of hydrogen-bond acceptors (Lipinski definition) is 4. The topological polar surface area (TPSA) is 76.0 Å². The Bertz CT molecular complexity index is 1050. The van der Waals surface area contributed by atoms with Crippen LogP contribution in [0.15, 0.2) is 35.3 Å². The van der Waals surface area contributed by atoms with Crippen LogP contribution >= 0.6 is 11.6 Å². The lowest BCUT2D eigenvalue weighted by atomic mass is 9.50. The standard InChI is InChI=1S/C22H24ClFN4O2/c1-13(29)27-21-7-14-6-15(8-21)10-22(9-14,12-21)28-20(30)19(23)18(11-25-28)26-17-4-2-16(24)3-5-17/h2-5,11,14-15,26H,6-10,12H2,1H3,(H,27,29). The molecule has 6 rings (SSSR count). The molecule has 158 valence electrons. The number of nitrogens with zero attached hydrogens (tertiary/aromatic N) is 2. The Morgan fingerprint density at radius 1 is 1.20 bits per heavy atom. The summed E-state index contributed by atoms with van der Waals surface area (Å²) in [5.74, 6) is 0.588. The second-order valence-electron chi connectivity index (χ2n) is 9.37. The van der Waals surface area contributed by atoms with E-state index in [4.69, 9.17) is 11.6 Å². The number of hydrogen-bond donors (Lipinski definition) is 2. The largest absolute Gasteiger partial charge is 0.353 e. The summed E-state index contributed by atoms with van der Waals surface area (Å²) in [7, 11) is 0. The maximum atomic E-state index is 13.3. The van der Waals surface area contributed by atoms with E-state index >= 15 is 0 Å². The normalized spacial score (nSPS) is 31.6. The first-order chi connectivity index (χ1) is 14.3. The Morgan fingerprint density at radius 3 is 2.50 bits per heavy atom. The quantitative estimate of drug-likeness (QED) is 0.769. The monoisotopic (exact) mass is 430 g/mol. The van der Waals surface area contributed by atoms with Gasteiger partial charge in [0.25, 0.3) is 5.56 Å². The van der Waals surface area contributed by atoms with Crippen LogP contribution < -0.4 is 16.2 Å². The number of nitrogens with one attached hydrogen (secondary N) is 2. The van der Waals surface area contributed by atoms with Crippen molar-refractivity contribution in [3.05, 3.63) is 51.7 Å². The van der Waals surface area contributed by atoms with Gasteiger partial charge in [-0.25, -0.2) is 9.07 Å². The molecule has 30 heavy (non-hydrogen) atoms. The highest BCUT2D eigenvalue weighted by Crippen LogP contribution is 2.60. The predicted octanol–water partition coefficient (Wildman–Crippen LogP) is 3.96. The van der Waals surface area contributed by atoms with Crippen molar-refractivity contribution in [1.29, 1.82) is 0 Å². The molecule has 2 N–H and O–H groups in total. The second-order valence-corrected chi connectivity index (χ2v) is 9.75. The molecule has 0 saturated heterocycles. The summed E-state index contributed by atoms with van der Waals surface area (Å²) in [4.78, 5) is 25.1. The molecule has 2 aromatic rings. The molecule has 2 atom stereocenters. The zero-order chi connectivity index (χ0) is 21.1. The van der Waals surface area contributed by atoms with E-state index in [1.807, 2.05) is 0 Å². The van der Waals surface area contributed by atoms with E-state index in [0.29, 0.717) is 29.6 Å². The molecular formula is C22H24ClFN4O2. The van der Waals surface area contributed by atoms with Crippen LogP contribution in [0, 0.1) is 17.7 Å². The fourth-order valence-electron chi connectivity index (χ4n) is 6.53. The van der Waals surface area contributed by atoms with Gasteiger partial charge in [0.15, 0.2) is 0 Å². The zero-order valence-corrected chi connectivity index (χ0v) is 17.5. The Hall–Kier alpha value is -2.41. The Morgan fingerprint density at radius 2 is 1.87 bits per heavy atom. The minimum absolute atomic E-state index is 0.0238. The smallest absolute Gasteiger partial charge is 0.288 e. The van der Waals surface area contributed by atoms with Gasteiger partial charge in [-0.3, -0.25) is 9.59 Å². The van der Waals surface area contributed by atoms with E-state index in [2.05, 4.69) is 15.7 Å². The van der Waals surface area contributed by atoms with Gasteiger partial charge < -0.3 is 10.6 Å². The van der Waals surface area contributed by atoms with Gasteiger partial charge in [0.1, 0.15) is 10.8 Å². The molecule has 2 unspecified atom stereocenters. The molecule has 4 fully saturated rings. The number of benzene rings is 1. The van der Waals surface area contributed by atoms with Crippen LogP contribution in [0.3, 0.4) is 0 Å². The maximum absolute atomic E-state index is 13.3. The Labute approximate surface area is 178 Å². The Kier molecular flexibility index (Phi) is 4.43. The van der Waals surface area contributed by atoms with Crippen molar-refractivity contribution < 1.29 is 9.18 Å². The van der Waals surface area contributed by atoms with Gasteiger partial charge in [0, 0.05) is 18.2 Å². The molecule has 1 heterocycles. The SMILES string of the molecule is CC(=O)NC12CC3CC(C1)CC(n1ncc(Nc4ccc(F)cc4)c(Cl)c1=O)(C3)C2.